The molecule has 0 saturated carbocycles. The monoisotopic (exact) mass is 270 g/mol. The number of methoxy groups -OCH3 is 1. The van der Waals surface area contributed by atoms with Crippen molar-refractivity contribution in [3.05, 3.63) is 0 Å². The number of esters is 1. The van der Waals surface area contributed by atoms with E-state index in [2.05, 4.69) is 10.1 Å². The predicted molar refractivity (Wildman–Crippen MR) is 52.4 cm³/mol. The van der Waals surface area contributed by atoms with Gasteiger partial charge < -0.3 is 14.4 Å². The topological polar surface area (TPSA) is 67.9 Å². The van der Waals surface area contributed by atoms with Crippen LogP contribution in [-0.4, -0.2) is 62.5 Å². The molecule has 1 rings (SSSR count). The van der Waals surface area contributed by atoms with Gasteiger partial charge in [-0.15, -0.1) is 0 Å². The molecule has 1 fully saturated rings. The zero-order chi connectivity index (χ0) is 13.8. The average molecular weight is 270 g/mol. The van der Waals surface area contributed by atoms with Crippen molar-refractivity contribution >= 4 is 11.9 Å². The summed E-state index contributed by atoms with van der Waals surface area (Å²) in [5.74, 6) is -3.10. The first-order valence-electron chi connectivity index (χ1n) is 5.15. The van der Waals surface area contributed by atoms with Crippen LogP contribution in [0.5, 0.6) is 0 Å². The van der Waals surface area contributed by atoms with Gasteiger partial charge in [0.05, 0.1) is 6.61 Å². The molecule has 6 nitrogen and oxygen atoms in total. The summed E-state index contributed by atoms with van der Waals surface area (Å²) in [6.45, 7) is 1.05. The van der Waals surface area contributed by atoms with Gasteiger partial charge in [-0.1, -0.05) is 0 Å². The van der Waals surface area contributed by atoms with Crippen molar-refractivity contribution in [3.63, 3.8) is 0 Å². The maximum absolute atomic E-state index is 12.0. The maximum atomic E-state index is 12.0. The Labute approximate surface area is 101 Å². The Morgan fingerprint density at radius 3 is 2.78 bits per heavy atom. The molecule has 1 N–H and O–H groups in total. The Morgan fingerprint density at radius 1 is 1.56 bits per heavy atom. The van der Waals surface area contributed by atoms with Crippen LogP contribution in [0.4, 0.5) is 13.2 Å². The standard InChI is InChI=1S/C9H13F3N2O4/c1-17-5-4-14-3-2-13-6(7(14)15)18-8(16)9(10,11)12/h6,13H,2-5H2,1H3. The fourth-order valence-electron chi connectivity index (χ4n) is 1.38. The van der Waals surface area contributed by atoms with Crippen molar-refractivity contribution < 1.29 is 32.2 Å². The molecule has 0 spiro atoms. The van der Waals surface area contributed by atoms with E-state index in [9.17, 15) is 22.8 Å². The molecule has 1 atom stereocenters. The van der Waals surface area contributed by atoms with Gasteiger partial charge in [-0.25, -0.2) is 4.79 Å². The molecule has 1 saturated heterocycles. The molecular formula is C9H13F3N2O4. The maximum Gasteiger partial charge on any atom is 0.490 e. The van der Waals surface area contributed by atoms with Crippen molar-refractivity contribution in [2.24, 2.45) is 0 Å². The molecule has 1 aliphatic rings. The number of nitrogens with zero attached hydrogens (tertiary/aromatic N) is 1. The van der Waals surface area contributed by atoms with Crippen molar-refractivity contribution in [3.8, 4) is 0 Å². The summed E-state index contributed by atoms with van der Waals surface area (Å²) < 4.78 is 44.8. The van der Waals surface area contributed by atoms with E-state index in [0.29, 0.717) is 6.54 Å². The number of carbonyl (C=O) groups is 2. The van der Waals surface area contributed by atoms with Gasteiger partial charge in [0.15, 0.2) is 0 Å². The molecule has 0 bridgehead atoms. The fourth-order valence-corrected chi connectivity index (χ4v) is 1.38. The summed E-state index contributed by atoms with van der Waals surface area (Å²) in [7, 11) is 1.44. The predicted octanol–water partition coefficient (Wildman–Crippen LogP) is -0.504. The molecule has 0 aromatic heterocycles. The lowest BCUT2D eigenvalue weighted by atomic mass is 10.3. The largest absolute Gasteiger partial charge is 0.490 e. The van der Waals surface area contributed by atoms with Crippen LogP contribution in [0.15, 0.2) is 0 Å². The van der Waals surface area contributed by atoms with Crippen LogP contribution < -0.4 is 5.32 Å². The Hall–Kier alpha value is -1.35. The van der Waals surface area contributed by atoms with E-state index in [1.54, 1.807) is 0 Å². The number of rotatable bonds is 4. The van der Waals surface area contributed by atoms with Gasteiger partial charge in [0.2, 0.25) is 6.23 Å². The first kappa shape index (κ1) is 14.7. The van der Waals surface area contributed by atoms with Gasteiger partial charge in [0.25, 0.3) is 5.91 Å². The van der Waals surface area contributed by atoms with Crippen LogP contribution in [0.2, 0.25) is 0 Å². The van der Waals surface area contributed by atoms with E-state index in [-0.39, 0.29) is 19.7 Å². The molecule has 0 aromatic carbocycles. The lowest BCUT2D eigenvalue weighted by molar-refractivity contribution is -0.209. The normalized spacial score (nSPS) is 21.0. The molecule has 1 amide bonds. The first-order chi connectivity index (χ1) is 8.36. The average Bonchev–Trinajstić information content (AvgIpc) is 2.29. The molecule has 0 aromatic rings. The highest BCUT2D eigenvalue weighted by Crippen LogP contribution is 2.18. The molecular weight excluding hydrogens is 257 g/mol. The summed E-state index contributed by atoms with van der Waals surface area (Å²) in [6, 6.07) is 0. The van der Waals surface area contributed by atoms with Crippen molar-refractivity contribution in [2.75, 3.05) is 33.4 Å². The van der Waals surface area contributed by atoms with Crippen LogP contribution >= 0.6 is 0 Å². The van der Waals surface area contributed by atoms with E-state index in [0.717, 1.165) is 0 Å². The van der Waals surface area contributed by atoms with Gasteiger partial charge in [0.1, 0.15) is 0 Å². The summed E-state index contributed by atoms with van der Waals surface area (Å²) in [5.41, 5.74) is 0. The highest BCUT2D eigenvalue weighted by molar-refractivity contribution is 5.85. The van der Waals surface area contributed by atoms with Crippen LogP contribution in [0.25, 0.3) is 0 Å². The number of piperazine rings is 1. The number of alkyl halides is 3. The number of hydrogen-bond donors (Lipinski definition) is 1. The quantitative estimate of drug-likeness (QED) is 0.697. The Kier molecular flexibility index (Phi) is 4.91. The lowest BCUT2D eigenvalue weighted by Gasteiger charge is -2.32. The third-order valence-electron chi connectivity index (χ3n) is 2.27. The summed E-state index contributed by atoms with van der Waals surface area (Å²) in [4.78, 5) is 23.5. The highest BCUT2D eigenvalue weighted by atomic mass is 19.4. The minimum atomic E-state index is -5.11. The lowest BCUT2D eigenvalue weighted by Crippen LogP contribution is -2.57. The minimum absolute atomic E-state index is 0.233. The number of carbonyl (C=O) groups excluding carboxylic acids is 2. The second-order valence-corrected chi connectivity index (χ2v) is 3.56. The molecule has 1 unspecified atom stereocenters. The van der Waals surface area contributed by atoms with Gasteiger partial charge >= 0.3 is 12.1 Å². The molecule has 104 valence electrons. The van der Waals surface area contributed by atoms with E-state index >= 15 is 0 Å². The Balaban J connectivity index is 2.56. The van der Waals surface area contributed by atoms with Gasteiger partial charge in [-0.3, -0.25) is 10.1 Å². The van der Waals surface area contributed by atoms with E-state index in [4.69, 9.17) is 4.74 Å². The van der Waals surface area contributed by atoms with Gasteiger partial charge in [-0.2, -0.15) is 13.2 Å². The number of halogens is 3. The highest BCUT2D eigenvalue weighted by Gasteiger charge is 2.44. The van der Waals surface area contributed by atoms with Crippen LogP contribution in [0, 0.1) is 0 Å². The van der Waals surface area contributed by atoms with Gasteiger partial charge in [0, 0.05) is 26.7 Å². The molecule has 1 aliphatic heterocycles. The van der Waals surface area contributed by atoms with E-state index < -0.39 is 24.3 Å². The second-order valence-electron chi connectivity index (χ2n) is 3.56. The van der Waals surface area contributed by atoms with Crippen molar-refractivity contribution in [1.29, 1.82) is 0 Å². The zero-order valence-electron chi connectivity index (χ0n) is 9.62. The SMILES string of the molecule is COCCN1CCNC(OC(=O)C(F)(F)F)C1=O. The van der Waals surface area contributed by atoms with Crippen LogP contribution in [0.1, 0.15) is 0 Å². The first-order valence-corrected chi connectivity index (χ1v) is 5.15. The molecule has 1 heterocycles. The van der Waals surface area contributed by atoms with E-state index in [1.807, 2.05) is 0 Å². The summed E-state index contributed by atoms with van der Waals surface area (Å²) >= 11 is 0. The second kappa shape index (κ2) is 6.01. The number of ether oxygens (including phenoxy) is 2. The molecule has 9 heteroatoms. The molecule has 0 radical (unpaired) electrons. The smallest absolute Gasteiger partial charge is 0.430 e. The minimum Gasteiger partial charge on any atom is -0.430 e. The third kappa shape index (κ3) is 3.84. The fraction of sp³-hybridized carbons (Fsp3) is 0.778. The number of hydrogen-bond acceptors (Lipinski definition) is 5. The van der Waals surface area contributed by atoms with Crippen LogP contribution in [-0.2, 0) is 19.1 Å². The molecule has 18 heavy (non-hydrogen) atoms. The van der Waals surface area contributed by atoms with Crippen LogP contribution in [0.3, 0.4) is 0 Å². The zero-order valence-corrected chi connectivity index (χ0v) is 9.62. The number of amides is 1. The Morgan fingerprint density at radius 2 is 2.22 bits per heavy atom. The van der Waals surface area contributed by atoms with E-state index in [1.165, 1.54) is 12.0 Å². The van der Waals surface area contributed by atoms with Gasteiger partial charge in [-0.05, 0) is 0 Å². The Bertz CT molecular complexity index is 321. The molecule has 0 aliphatic carbocycles. The van der Waals surface area contributed by atoms with Crippen molar-refractivity contribution in [2.45, 2.75) is 12.4 Å². The summed E-state index contributed by atoms with van der Waals surface area (Å²) in [5, 5.41) is 2.40. The number of nitrogens with one attached hydrogen (secondary N) is 1. The third-order valence-corrected chi connectivity index (χ3v) is 2.27. The van der Waals surface area contributed by atoms with Crippen molar-refractivity contribution in [1.82, 2.24) is 10.2 Å². The summed E-state index contributed by atoms with van der Waals surface area (Å²) in [6.07, 6.45) is -6.71.